The van der Waals surface area contributed by atoms with Crippen molar-refractivity contribution in [1.29, 1.82) is 0 Å². The maximum absolute atomic E-state index is 12.4. The molecule has 4 nitrogen and oxygen atoms in total. The highest BCUT2D eigenvalue weighted by Crippen LogP contribution is 2.39. The van der Waals surface area contributed by atoms with Crippen LogP contribution in [-0.4, -0.2) is 12.5 Å². The van der Waals surface area contributed by atoms with Gasteiger partial charge in [-0.05, 0) is 65.9 Å². The SMILES string of the molecule is Cc1ccccc1C=CC(=O)Nc1ccc(N2C=CCNc3c2ccc2ccccc32)cc1. The standard InChI is InChI=1S/C29H25N3O/c1-21-7-2-3-8-22(21)12-18-28(33)31-24-13-15-25(16-14-24)32-20-6-19-30-29-26-10-5-4-9-23(26)11-17-27(29)32/h2-18,20,30H,19H2,1H3,(H,31,33). The molecule has 0 aromatic heterocycles. The van der Waals surface area contributed by atoms with Crippen molar-refractivity contribution in [3.63, 3.8) is 0 Å². The largest absolute Gasteiger partial charge is 0.379 e. The number of carbonyl (C=O) groups is 1. The molecule has 0 unspecified atom stereocenters. The van der Waals surface area contributed by atoms with Crippen molar-refractivity contribution in [2.45, 2.75) is 6.92 Å². The van der Waals surface area contributed by atoms with Gasteiger partial charge in [0.1, 0.15) is 0 Å². The highest BCUT2D eigenvalue weighted by molar-refractivity contribution is 6.03. The van der Waals surface area contributed by atoms with E-state index in [2.05, 4.69) is 64.2 Å². The molecule has 1 heterocycles. The molecule has 0 bridgehead atoms. The number of aryl methyl sites for hydroxylation is 1. The van der Waals surface area contributed by atoms with E-state index in [4.69, 9.17) is 0 Å². The second-order valence-corrected chi connectivity index (χ2v) is 8.04. The van der Waals surface area contributed by atoms with Gasteiger partial charge in [-0.1, -0.05) is 54.6 Å². The summed E-state index contributed by atoms with van der Waals surface area (Å²) in [5.41, 5.74) is 6.18. The number of hydrogen-bond donors (Lipinski definition) is 2. The first-order valence-corrected chi connectivity index (χ1v) is 11.1. The average molecular weight is 432 g/mol. The topological polar surface area (TPSA) is 44.4 Å². The van der Waals surface area contributed by atoms with Crippen LogP contribution in [0.5, 0.6) is 0 Å². The fourth-order valence-corrected chi connectivity index (χ4v) is 4.10. The quantitative estimate of drug-likeness (QED) is 0.346. The van der Waals surface area contributed by atoms with Gasteiger partial charge in [0.2, 0.25) is 5.91 Å². The van der Waals surface area contributed by atoms with E-state index in [0.717, 1.165) is 40.4 Å². The summed E-state index contributed by atoms with van der Waals surface area (Å²) in [5, 5.41) is 8.90. The first-order chi connectivity index (χ1) is 16.2. The predicted molar refractivity (Wildman–Crippen MR) is 139 cm³/mol. The van der Waals surface area contributed by atoms with Gasteiger partial charge in [0.05, 0.1) is 11.4 Å². The van der Waals surface area contributed by atoms with Crippen LogP contribution >= 0.6 is 0 Å². The number of benzene rings is 4. The van der Waals surface area contributed by atoms with Crippen molar-refractivity contribution in [2.75, 3.05) is 22.1 Å². The summed E-state index contributed by atoms with van der Waals surface area (Å²) < 4.78 is 0. The third-order valence-electron chi connectivity index (χ3n) is 5.83. The molecule has 2 N–H and O–H groups in total. The van der Waals surface area contributed by atoms with Crippen molar-refractivity contribution < 1.29 is 4.79 Å². The second kappa shape index (κ2) is 9.05. The Labute approximate surface area is 193 Å². The summed E-state index contributed by atoms with van der Waals surface area (Å²) >= 11 is 0. The van der Waals surface area contributed by atoms with E-state index in [1.54, 1.807) is 6.08 Å². The van der Waals surface area contributed by atoms with Crippen LogP contribution < -0.4 is 15.5 Å². The van der Waals surface area contributed by atoms with E-state index in [-0.39, 0.29) is 5.91 Å². The maximum atomic E-state index is 12.4. The lowest BCUT2D eigenvalue weighted by Gasteiger charge is -2.23. The van der Waals surface area contributed by atoms with E-state index in [1.165, 1.54) is 10.8 Å². The molecule has 0 atom stereocenters. The summed E-state index contributed by atoms with van der Waals surface area (Å²) in [6.45, 7) is 2.79. The van der Waals surface area contributed by atoms with Crippen LogP contribution in [0, 0.1) is 6.92 Å². The Hall–Kier alpha value is -4.31. The number of anilines is 4. The van der Waals surface area contributed by atoms with Gasteiger partial charge in [-0.2, -0.15) is 0 Å². The highest BCUT2D eigenvalue weighted by atomic mass is 16.1. The summed E-state index contributed by atoms with van der Waals surface area (Å²) in [6.07, 6.45) is 7.61. The van der Waals surface area contributed by atoms with Crippen LogP contribution in [0.25, 0.3) is 16.8 Å². The molecule has 4 aromatic rings. The van der Waals surface area contributed by atoms with Gasteiger partial charge >= 0.3 is 0 Å². The molecular formula is C29H25N3O. The number of hydrogen-bond acceptors (Lipinski definition) is 3. The second-order valence-electron chi connectivity index (χ2n) is 8.04. The van der Waals surface area contributed by atoms with E-state index >= 15 is 0 Å². The van der Waals surface area contributed by atoms with Crippen molar-refractivity contribution in [3.05, 3.63) is 114 Å². The van der Waals surface area contributed by atoms with Crippen LogP contribution in [0.3, 0.4) is 0 Å². The molecule has 0 fully saturated rings. The Morgan fingerprint density at radius 3 is 2.58 bits per heavy atom. The molecular weight excluding hydrogens is 406 g/mol. The fraction of sp³-hybridized carbons (Fsp3) is 0.0690. The lowest BCUT2D eigenvalue weighted by molar-refractivity contribution is -0.111. The maximum Gasteiger partial charge on any atom is 0.248 e. The minimum Gasteiger partial charge on any atom is -0.379 e. The van der Waals surface area contributed by atoms with Gasteiger partial charge in [0.15, 0.2) is 0 Å². The van der Waals surface area contributed by atoms with Gasteiger partial charge in [-0.15, -0.1) is 0 Å². The molecule has 1 amide bonds. The molecule has 33 heavy (non-hydrogen) atoms. The minimum atomic E-state index is -0.151. The smallest absolute Gasteiger partial charge is 0.248 e. The molecule has 0 saturated carbocycles. The zero-order chi connectivity index (χ0) is 22.6. The van der Waals surface area contributed by atoms with Crippen molar-refractivity contribution in [2.24, 2.45) is 0 Å². The van der Waals surface area contributed by atoms with E-state index in [1.807, 2.05) is 61.5 Å². The summed E-state index contributed by atoms with van der Waals surface area (Å²) in [7, 11) is 0. The predicted octanol–water partition coefficient (Wildman–Crippen LogP) is 6.88. The normalized spacial score (nSPS) is 12.9. The van der Waals surface area contributed by atoms with Crippen LogP contribution in [0.1, 0.15) is 11.1 Å². The number of nitrogens with zero attached hydrogens (tertiary/aromatic N) is 1. The summed E-state index contributed by atoms with van der Waals surface area (Å²) in [5.74, 6) is -0.151. The number of amides is 1. The Bertz CT molecular complexity index is 1370. The van der Waals surface area contributed by atoms with Gasteiger partial charge in [0.25, 0.3) is 0 Å². The molecule has 1 aliphatic heterocycles. The van der Waals surface area contributed by atoms with Gasteiger partial charge in [-0.3, -0.25) is 4.79 Å². The number of nitrogens with one attached hydrogen (secondary N) is 2. The molecule has 5 rings (SSSR count). The zero-order valence-electron chi connectivity index (χ0n) is 18.5. The molecule has 4 aromatic carbocycles. The number of rotatable bonds is 4. The third kappa shape index (κ3) is 4.37. The van der Waals surface area contributed by atoms with Crippen LogP contribution in [-0.2, 0) is 4.79 Å². The van der Waals surface area contributed by atoms with Gasteiger partial charge < -0.3 is 15.5 Å². The summed E-state index contributed by atoms with van der Waals surface area (Å²) in [4.78, 5) is 14.6. The Kier molecular flexibility index (Phi) is 5.64. The lowest BCUT2D eigenvalue weighted by Crippen LogP contribution is -2.10. The van der Waals surface area contributed by atoms with Gasteiger partial charge in [0, 0.05) is 35.6 Å². The minimum absolute atomic E-state index is 0.151. The van der Waals surface area contributed by atoms with Crippen LogP contribution in [0.2, 0.25) is 0 Å². The van der Waals surface area contributed by atoms with Crippen molar-refractivity contribution in [1.82, 2.24) is 0 Å². The molecule has 0 spiro atoms. The number of fused-ring (bicyclic) bond motifs is 3. The molecule has 162 valence electrons. The van der Waals surface area contributed by atoms with Crippen molar-refractivity contribution >= 4 is 45.5 Å². The third-order valence-corrected chi connectivity index (χ3v) is 5.83. The zero-order valence-corrected chi connectivity index (χ0v) is 18.5. The van der Waals surface area contributed by atoms with E-state index in [9.17, 15) is 4.79 Å². The number of carbonyl (C=O) groups excluding carboxylic acids is 1. The van der Waals surface area contributed by atoms with Gasteiger partial charge in [-0.25, -0.2) is 0 Å². The molecule has 0 radical (unpaired) electrons. The monoisotopic (exact) mass is 431 g/mol. The lowest BCUT2D eigenvalue weighted by atomic mass is 10.1. The average Bonchev–Trinajstić information content (AvgIpc) is 3.07. The first-order valence-electron chi connectivity index (χ1n) is 11.1. The highest BCUT2D eigenvalue weighted by Gasteiger charge is 2.16. The Morgan fingerprint density at radius 2 is 1.73 bits per heavy atom. The summed E-state index contributed by atoms with van der Waals surface area (Å²) in [6, 6.07) is 28.6. The van der Waals surface area contributed by atoms with E-state index < -0.39 is 0 Å². The molecule has 0 saturated heterocycles. The van der Waals surface area contributed by atoms with Crippen molar-refractivity contribution in [3.8, 4) is 0 Å². The van der Waals surface area contributed by atoms with Crippen LogP contribution in [0.4, 0.5) is 22.7 Å². The Balaban J connectivity index is 1.36. The van der Waals surface area contributed by atoms with E-state index in [0.29, 0.717) is 0 Å². The Morgan fingerprint density at radius 1 is 0.939 bits per heavy atom. The molecule has 1 aliphatic rings. The molecule has 4 heteroatoms. The first kappa shape index (κ1) is 20.6. The van der Waals surface area contributed by atoms with Crippen LogP contribution in [0.15, 0.2) is 103 Å². The molecule has 0 aliphatic carbocycles. The fourth-order valence-electron chi connectivity index (χ4n) is 4.10.